The molecule has 0 radical (unpaired) electrons. The fourth-order valence-electron chi connectivity index (χ4n) is 1.58. The zero-order valence-corrected chi connectivity index (χ0v) is 20.0. The molecule has 4 N–H and O–H groups in total. The first-order valence-electron chi connectivity index (χ1n) is 7.61. The third-order valence-corrected chi connectivity index (χ3v) is 6.00. The van der Waals surface area contributed by atoms with Gasteiger partial charge >= 0.3 is 11.4 Å². The van der Waals surface area contributed by atoms with E-state index in [0.29, 0.717) is 3.57 Å². The molecule has 10 nitrogen and oxygen atoms in total. The lowest BCUT2D eigenvalue weighted by atomic mass is 10.2. The van der Waals surface area contributed by atoms with Gasteiger partial charge in [0.25, 0.3) is 0 Å². The van der Waals surface area contributed by atoms with Crippen LogP contribution in [0.2, 0.25) is 29.7 Å². The van der Waals surface area contributed by atoms with Crippen molar-refractivity contribution in [3.05, 3.63) is 51.8 Å². The lowest BCUT2D eigenvalue weighted by molar-refractivity contribution is -0.385. The van der Waals surface area contributed by atoms with Crippen molar-refractivity contribution in [3.8, 4) is 11.5 Å². The highest BCUT2D eigenvalue weighted by molar-refractivity contribution is 14.1. The minimum absolute atomic E-state index is 0.0353. The Morgan fingerprint density at radius 2 is 1.45 bits per heavy atom. The maximum absolute atomic E-state index is 10.7. The summed E-state index contributed by atoms with van der Waals surface area (Å²) in [7, 11) is -1.60. The minimum Gasteiger partial charge on any atom is -0.383 e. The maximum atomic E-state index is 10.7. The molecule has 2 aromatic heterocycles. The molecule has 0 atom stereocenters. The summed E-state index contributed by atoms with van der Waals surface area (Å²) in [6.07, 6.45) is 2.08. The second-order valence-electron chi connectivity index (χ2n) is 6.39. The summed E-state index contributed by atoms with van der Waals surface area (Å²) in [4.78, 5) is 27.1. The van der Waals surface area contributed by atoms with Crippen LogP contribution in [0.25, 0.3) is 0 Å². The molecule has 2 rings (SSSR count). The topological polar surface area (TPSA) is 164 Å². The molecule has 0 saturated carbocycles. The maximum Gasteiger partial charge on any atom is 0.307 e. The molecule has 154 valence electrons. The number of rotatable bonds is 2. The van der Waals surface area contributed by atoms with E-state index >= 15 is 0 Å². The quantitative estimate of drug-likeness (QED) is 0.178. The highest BCUT2D eigenvalue weighted by Crippen LogP contribution is 2.31. The van der Waals surface area contributed by atoms with E-state index < -0.39 is 17.9 Å². The molecule has 29 heavy (non-hydrogen) atoms. The van der Waals surface area contributed by atoms with Crippen LogP contribution in [0.1, 0.15) is 5.56 Å². The Hall–Kier alpha value is -2.21. The van der Waals surface area contributed by atoms with Gasteiger partial charge in [-0.1, -0.05) is 48.8 Å². The van der Waals surface area contributed by atoms with E-state index in [4.69, 9.17) is 34.7 Å². The largest absolute Gasteiger partial charge is 0.383 e. The van der Waals surface area contributed by atoms with Crippen LogP contribution in [0.3, 0.4) is 0 Å². The van der Waals surface area contributed by atoms with Crippen LogP contribution >= 0.6 is 45.8 Å². The number of nitrogens with zero attached hydrogens (tertiary/aromatic N) is 4. The Balaban J connectivity index is 0.000000308. The first-order valence-corrected chi connectivity index (χ1v) is 12.9. The van der Waals surface area contributed by atoms with Crippen molar-refractivity contribution in [1.29, 1.82) is 0 Å². The number of nitro groups is 2. The molecule has 0 amide bonds. The third-order valence-electron chi connectivity index (χ3n) is 2.95. The molecule has 0 saturated heterocycles. The van der Waals surface area contributed by atoms with Gasteiger partial charge in [-0.05, 0) is 22.6 Å². The van der Waals surface area contributed by atoms with Crippen LogP contribution in [-0.2, 0) is 0 Å². The number of halogens is 3. The molecule has 0 aromatic carbocycles. The fourth-order valence-corrected chi connectivity index (χ4v) is 2.98. The summed E-state index contributed by atoms with van der Waals surface area (Å²) in [5, 5.41) is 21.0. The van der Waals surface area contributed by atoms with Crippen molar-refractivity contribution in [1.82, 2.24) is 9.97 Å². The zero-order valence-electron chi connectivity index (χ0n) is 15.4. The monoisotopic (exact) mass is 568 g/mol. The van der Waals surface area contributed by atoms with Gasteiger partial charge in [0.2, 0.25) is 0 Å². The summed E-state index contributed by atoms with van der Waals surface area (Å²) < 4.78 is 0.406. The molecule has 0 aliphatic heterocycles. The Morgan fingerprint density at radius 3 is 1.90 bits per heavy atom. The van der Waals surface area contributed by atoms with E-state index in [9.17, 15) is 20.2 Å². The number of anilines is 2. The van der Waals surface area contributed by atoms with Crippen LogP contribution in [0.5, 0.6) is 0 Å². The molecule has 0 bridgehead atoms. The predicted molar refractivity (Wildman–Crippen MR) is 124 cm³/mol. The number of nitrogens with two attached hydrogens (primary N) is 2. The normalized spacial score (nSPS) is 10.3. The molecular weight excluding hydrogens is 554 g/mol. The SMILES string of the molecule is C[Si](C)(C)C#Cc1c(N)ncc([N+](=O)[O-])c1Cl.Nc1ncc([N+](=O)[O-])c(Cl)c1I. The van der Waals surface area contributed by atoms with Crippen molar-refractivity contribution in [2.75, 3.05) is 11.5 Å². The molecule has 0 fully saturated rings. The Bertz CT molecular complexity index is 1040. The molecule has 14 heteroatoms. The van der Waals surface area contributed by atoms with Gasteiger partial charge in [0.15, 0.2) is 0 Å². The van der Waals surface area contributed by atoms with E-state index in [1.165, 1.54) is 0 Å². The third kappa shape index (κ3) is 6.96. The average Bonchev–Trinajstić information content (AvgIpc) is 2.58. The van der Waals surface area contributed by atoms with Gasteiger partial charge in [0, 0.05) is 0 Å². The summed E-state index contributed by atoms with van der Waals surface area (Å²) >= 11 is 13.3. The Kier molecular flexibility index (Phi) is 8.57. The smallest absolute Gasteiger partial charge is 0.307 e. The lowest BCUT2D eigenvalue weighted by Gasteiger charge is -2.05. The Labute approximate surface area is 190 Å². The molecule has 0 unspecified atom stereocenters. The van der Waals surface area contributed by atoms with Gasteiger partial charge in [-0.15, -0.1) is 5.54 Å². The van der Waals surface area contributed by atoms with Gasteiger partial charge in [-0.2, -0.15) is 0 Å². The zero-order chi connectivity index (χ0) is 22.5. The first-order chi connectivity index (χ1) is 13.3. The van der Waals surface area contributed by atoms with Gasteiger partial charge in [-0.3, -0.25) is 20.2 Å². The van der Waals surface area contributed by atoms with E-state index in [1.54, 1.807) is 22.6 Å². The fraction of sp³-hybridized carbons (Fsp3) is 0.200. The van der Waals surface area contributed by atoms with Gasteiger partial charge in [-0.25, -0.2) is 9.97 Å². The molecule has 0 aliphatic rings. The number of nitrogen functional groups attached to an aromatic ring is 2. The highest BCUT2D eigenvalue weighted by Gasteiger charge is 2.19. The minimum atomic E-state index is -1.60. The second-order valence-corrected chi connectivity index (χ2v) is 13.0. The van der Waals surface area contributed by atoms with Crippen LogP contribution < -0.4 is 11.5 Å². The molecule has 2 aromatic rings. The standard InChI is InChI=1S/C10H12ClN3O2Si.C5H3ClIN3O2/c1-17(2,3)5-4-7-9(11)8(14(15)16)6-13-10(7)12;6-3-2(10(11)12)1-9-5(8)4(3)7/h6H,1-3H3,(H2,12,13);1H,(H2,8,9). The van der Waals surface area contributed by atoms with E-state index in [0.717, 1.165) is 12.4 Å². The molecular formula is C15H15Cl2IN6O4Si. The number of aromatic nitrogens is 2. The van der Waals surface area contributed by atoms with Crippen LogP contribution in [-0.4, -0.2) is 27.9 Å². The van der Waals surface area contributed by atoms with Crippen molar-refractivity contribution in [2.45, 2.75) is 19.6 Å². The van der Waals surface area contributed by atoms with Crippen molar-refractivity contribution >= 4 is 76.9 Å². The van der Waals surface area contributed by atoms with Crippen molar-refractivity contribution in [2.24, 2.45) is 0 Å². The van der Waals surface area contributed by atoms with Crippen LogP contribution in [0, 0.1) is 35.3 Å². The number of hydrogen-bond donors (Lipinski definition) is 2. The number of pyridine rings is 2. The van der Waals surface area contributed by atoms with Crippen molar-refractivity contribution in [3.63, 3.8) is 0 Å². The first kappa shape index (κ1) is 24.8. The van der Waals surface area contributed by atoms with E-state index in [1.807, 2.05) is 0 Å². The molecule has 0 aliphatic carbocycles. The second kappa shape index (κ2) is 10.0. The summed E-state index contributed by atoms with van der Waals surface area (Å²) in [6.45, 7) is 6.15. The lowest BCUT2D eigenvalue weighted by Crippen LogP contribution is -2.16. The summed E-state index contributed by atoms with van der Waals surface area (Å²) in [5.74, 6) is 3.12. The van der Waals surface area contributed by atoms with E-state index in [2.05, 4.69) is 41.1 Å². The predicted octanol–water partition coefficient (Wildman–Crippen LogP) is 4.28. The Morgan fingerprint density at radius 1 is 1.00 bits per heavy atom. The highest BCUT2D eigenvalue weighted by atomic mass is 127. The van der Waals surface area contributed by atoms with Crippen molar-refractivity contribution < 1.29 is 9.85 Å². The van der Waals surface area contributed by atoms with Gasteiger partial charge in [0.05, 0.1) is 19.0 Å². The van der Waals surface area contributed by atoms with Crippen LogP contribution in [0.4, 0.5) is 23.0 Å². The molecule has 0 spiro atoms. The average molecular weight is 569 g/mol. The number of hydrogen-bond acceptors (Lipinski definition) is 8. The van der Waals surface area contributed by atoms with E-state index in [-0.39, 0.29) is 38.6 Å². The van der Waals surface area contributed by atoms with Gasteiger partial charge < -0.3 is 11.5 Å². The molecule has 2 heterocycles. The van der Waals surface area contributed by atoms with Crippen LogP contribution in [0.15, 0.2) is 12.4 Å². The van der Waals surface area contributed by atoms with Gasteiger partial charge in [0.1, 0.15) is 42.1 Å². The summed E-state index contributed by atoms with van der Waals surface area (Å²) in [6, 6.07) is 0. The summed E-state index contributed by atoms with van der Waals surface area (Å²) in [5.41, 5.74) is 13.8.